The molecule has 1 saturated carbocycles. The number of carbonyl (C=O) groups excluding carboxylic acids is 1. The van der Waals surface area contributed by atoms with E-state index in [2.05, 4.69) is 0 Å². The highest BCUT2D eigenvalue weighted by Crippen LogP contribution is 2.43. The summed E-state index contributed by atoms with van der Waals surface area (Å²) in [4.78, 5) is 24.0. The Kier molecular flexibility index (Phi) is 3.52. The minimum Gasteiger partial charge on any atom is -0.493 e. The quantitative estimate of drug-likeness (QED) is 0.473. The largest absolute Gasteiger partial charge is 0.493 e. The van der Waals surface area contributed by atoms with E-state index in [0.29, 0.717) is 0 Å². The zero-order valence-corrected chi connectivity index (χ0v) is 11.9. The first-order chi connectivity index (χ1) is 10.2. The van der Waals surface area contributed by atoms with Crippen LogP contribution >= 0.6 is 0 Å². The Morgan fingerprint density at radius 2 is 2.05 bits per heavy atom. The van der Waals surface area contributed by atoms with Crippen LogP contribution in [0.4, 0.5) is 0 Å². The number of rotatable bonds is 1. The van der Waals surface area contributed by atoms with Gasteiger partial charge in [0.25, 0.3) is 0 Å². The predicted octanol–water partition coefficient (Wildman–Crippen LogP) is -1.22. The highest BCUT2D eigenvalue weighted by molar-refractivity contribution is 6.01. The molecule has 2 aliphatic heterocycles. The standard InChI is InChI=1S/C14H18O8/c1-14(20)3-8-5(4-21-14)11(16)9-7(22-8)2-6(15)12(17)10(9)13(18)19/h6-7,9-10,12,15,17,20H,2-4H2,1H3,(H,18,19). The molecule has 0 saturated heterocycles. The summed E-state index contributed by atoms with van der Waals surface area (Å²) in [5.74, 6) is -5.49. The molecule has 3 rings (SSSR count). The summed E-state index contributed by atoms with van der Waals surface area (Å²) in [5.41, 5.74) is 0.197. The van der Waals surface area contributed by atoms with Gasteiger partial charge < -0.3 is 29.9 Å². The third-order valence-electron chi connectivity index (χ3n) is 4.55. The molecule has 0 radical (unpaired) electrons. The summed E-state index contributed by atoms with van der Waals surface area (Å²) in [6, 6.07) is 0. The monoisotopic (exact) mass is 314 g/mol. The molecule has 0 amide bonds. The molecule has 6 atom stereocenters. The van der Waals surface area contributed by atoms with Crippen LogP contribution in [0.1, 0.15) is 19.8 Å². The maximum absolute atomic E-state index is 12.6. The Hall–Kier alpha value is -1.48. The van der Waals surface area contributed by atoms with Crippen molar-refractivity contribution in [2.24, 2.45) is 11.8 Å². The number of carbonyl (C=O) groups is 2. The highest BCUT2D eigenvalue weighted by atomic mass is 16.6. The average Bonchev–Trinajstić information content (AvgIpc) is 2.39. The molecular weight excluding hydrogens is 296 g/mol. The lowest BCUT2D eigenvalue weighted by Gasteiger charge is -2.46. The molecule has 4 N–H and O–H groups in total. The molecule has 0 aromatic carbocycles. The molecule has 22 heavy (non-hydrogen) atoms. The zero-order chi connectivity index (χ0) is 16.2. The zero-order valence-electron chi connectivity index (χ0n) is 11.9. The maximum atomic E-state index is 12.6. The second-order valence-corrected chi connectivity index (χ2v) is 6.25. The molecule has 1 aliphatic carbocycles. The fourth-order valence-electron chi connectivity index (χ4n) is 3.43. The number of fused-ring (bicyclic) bond motifs is 1. The van der Waals surface area contributed by atoms with Gasteiger partial charge in [0.05, 0.1) is 42.6 Å². The normalized spacial score (nSPS) is 44.9. The van der Waals surface area contributed by atoms with Crippen molar-refractivity contribution in [2.75, 3.05) is 6.61 Å². The van der Waals surface area contributed by atoms with Crippen LogP contribution in [0.5, 0.6) is 0 Å². The molecule has 8 nitrogen and oxygen atoms in total. The molecule has 122 valence electrons. The van der Waals surface area contributed by atoms with Gasteiger partial charge in [-0.3, -0.25) is 9.59 Å². The van der Waals surface area contributed by atoms with Crippen LogP contribution in [0.25, 0.3) is 0 Å². The first-order valence-electron chi connectivity index (χ1n) is 7.09. The SMILES string of the molecule is CC1(O)CC2=C(CO1)C(=O)C1C(CC(O)C(O)C1C(=O)O)O2. The molecule has 1 fully saturated rings. The minimum atomic E-state index is -1.53. The van der Waals surface area contributed by atoms with Crippen molar-refractivity contribution in [3.63, 3.8) is 0 Å². The number of aliphatic hydroxyl groups is 3. The number of ether oxygens (including phenoxy) is 2. The van der Waals surface area contributed by atoms with Gasteiger partial charge in [0, 0.05) is 6.42 Å². The molecular formula is C14H18O8. The molecule has 3 aliphatic rings. The van der Waals surface area contributed by atoms with Crippen molar-refractivity contribution >= 4 is 11.8 Å². The second-order valence-electron chi connectivity index (χ2n) is 6.25. The van der Waals surface area contributed by atoms with Gasteiger partial charge >= 0.3 is 5.97 Å². The molecule has 0 aromatic heterocycles. The Morgan fingerprint density at radius 1 is 1.36 bits per heavy atom. The molecule has 0 spiro atoms. The number of carboxylic acid groups (broad SMARTS) is 1. The van der Waals surface area contributed by atoms with Gasteiger partial charge in [-0.05, 0) is 6.92 Å². The third-order valence-corrected chi connectivity index (χ3v) is 4.55. The van der Waals surface area contributed by atoms with E-state index >= 15 is 0 Å². The van der Waals surface area contributed by atoms with Gasteiger partial charge in [0.15, 0.2) is 11.6 Å². The van der Waals surface area contributed by atoms with Gasteiger partial charge in [-0.25, -0.2) is 0 Å². The van der Waals surface area contributed by atoms with Crippen molar-refractivity contribution in [3.8, 4) is 0 Å². The lowest BCUT2D eigenvalue weighted by atomic mass is 9.69. The first-order valence-corrected chi connectivity index (χ1v) is 7.09. The van der Waals surface area contributed by atoms with Crippen LogP contribution in [0, 0.1) is 11.8 Å². The Labute approximate surface area is 126 Å². The molecule has 6 unspecified atom stereocenters. The van der Waals surface area contributed by atoms with Gasteiger partial charge in [-0.2, -0.15) is 0 Å². The third kappa shape index (κ3) is 2.32. The number of carboxylic acids is 1. The van der Waals surface area contributed by atoms with E-state index in [1.54, 1.807) is 0 Å². The second kappa shape index (κ2) is 5.02. The van der Waals surface area contributed by atoms with E-state index in [1.807, 2.05) is 0 Å². The van der Waals surface area contributed by atoms with Gasteiger partial charge in [-0.1, -0.05) is 0 Å². The predicted molar refractivity (Wildman–Crippen MR) is 69.3 cm³/mol. The smallest absolute Gasteiger partial charge is 0.310 e. The van der Waals surface area contributed by atoms with Crippen LogP contribution in [0.3, 0.4) is 0 Å². The molecule has 0 aromatic rings. The van der Waals surface area contributed by atoms with E-state index < -0.39 is 47.7 Å². The van der Waals surface area contributed by atoms with E-state index in [9.17, 15) is 30.0 Å². The number of aliphatic hydroxyl groups excluding tert-OH is 2. The van der Waals surface area contributed by atoms with E-state index in [4.69, 9.17) is 9.47 Å². The minimum absolute atomic E-state index is 0.0202. The Bertz CT molecular complexity index is 551. The van der Waals surface area contributed by atoms with Crippen molar-refractivity contribution in [1.82, 2.24) is 0 Å². The van der Waals surface area contributed by atoms with E-state index in [-0.39, 0.29) is 30.8 Å². The average molecular weight is 314 g/mol. The van der Waals surface area contributed by atoms with Crippen LogP contribution in [0.2, 0.25) is 0 Å². The van der Waals surface area contributed by atoms with Gasteiger partial charge in [0.2, 0.25) is 0 Å². The Balaban J connectivity index is 1.98. The highest BCUT2D eigenvalue weighted by Gasteiger charge is 2.55. The van der Waals surface area contributed by atoms with Crippen molar-refractivity contribution < 1.29 is 39.5 Å². The van der Waals surface area contributed by atoms with Crippen molar-refractivity contribution in [2.45, 2.75) is 43.9 Å². The van der Waals surface area contributed by atoms with Crippen LogP contribution in [0.15, 0.2) is 11.3 Å². The fraction of sp³-hybridized carbons (Fsp3) is 0.714. The van der Waals surface area contributed by atoms with Crippen molar-refractivity contribution in [1.29, 1.82) is 0 Å². The fourth-order valence-corrected chi connectivity index (χ4v) is 3.43. The number of Topliss-reactive ketones (excluding diaryl/α,β-unsaturated/α-hetero) is 1. The summed E-state index contributed by atoms with van der Waals surface area (Å²) < 4.78 is 10.8. The number of aliphatic carboxylic acids is 1. The van der Waals surface area contributed by atoms with E-state index in [0.717, 1.165) is 0 Å². The summed E-state index contributed by atoms with van der Waals surface area (Å²) in [6.45, 7) is 1.27. The number of ketones is 1. The maximum Gasteiger partial charge on any atom is 0.310 e. The van der Waals surface area contributed by atoms with Crippen molar-refractivity contribution in [3.05, 3.63) is 11.3 Å². The topological polar surface area (TPSA) is 134 Å². The van der Waals surface area contributed by atoms with Crippen LogP contribution < -0.4 is 0 Å². The van der Waals surface area contributed by atoms with Crippen LogP contribution in [-0.2, 0) is 19.1 Å². The van der Waals surface area contributed by atoms with E-state index in [1.165, 1.54) is 6.92 Å². The summed E-state index contributed by atoms with van der Waals surface area (Å²) in [5, 5.41) is 38.9. The molecule has 2 heterocycles. The summed E-state index contributed by atoms with van der Waals surface area (Å²) >= 11 is 0. The lowest BCUT2D eigenvalue weighted by Crippen LogP contribution is -2.58. The molecule has 8 heteroatoms. The number of hydrogen-bond acceptors (Lipinski definition) is 7. The van der Waals surface area contributed by atoms with Crippen LogP contribution in [-0.4, -0.2) is 62.9 Å². The lowest BCUT2D eigenvalue weighted by molar-refractivity contribution is -0.210. The number of hydrogen-bond donors (Lipinski definition) is 4. The Morgan fingerprint density at radius 3 is 2.68 bits per heavy atom. The summed E-state index contributed by atoms with van der Waals surface area (Å²) in [6.07, 6.45) is -3.70. The van der Waals surface area contributed by atoms with Gasteiger partial charge in [-0.15, -0.1) is 0 Å². The summed E-state index contributed by atoms with van der Waals surface area (Å²) in [7, 11) is 0. The first kappa shape index (κ1) is 15.4. The molecule has 0 bridgehead atoms. The van der Waals surface area contributed by atoms with Gasteiger partial charge in [0.1, 0.15) is 11.9 Å².